The van der Waals surface area contributed by atoms with Crippen LogP contribution in [0.15, 0.2) is 42.7 Å². The maximum Gasteiger partial charge on any atom is 0.315 e. The van der Waals surface area contributed by atoms with E-state index in [9.17, 15) is 9.90 Å². The van der Waals surface area contributed by atoms with Gasteiger partial charge in [0.1, 0.15) is 17.6 Å². The van der Waals surface area contributed by atoms with Crippen LogP contribution < -0.4 is 20.1 Å². The van der Waals surface area contributed by atoms with E-state index in [4.69, 9.17) is 9.47 Å². The number of benzene rings is 1. The van der Waals surface area contributed by atoms with E-state index in [0.717, 1.165) is 5.56 Å². The lowest BCUT2D eigenvalue weighted by Gasteiger charge is -2.18. The first-order valence-corrected chi connectivity index (χ1v) is 7.89. The van der Waals surface area contributed by atoms with Crippen LogP contribution in [0.25, 0.3) is 0 Å². The van der Waals surface area contributed by atoms with Gasteiger partial charge in [-0.05, 0) is 36.8 Å². The van der Waals surface area contributed by atoms with Gasteiger partial charge in [0.15, 0.2) is 0 Å². The first kappa shape index (κ1) is 18.5. The van der Waals surface area contributed by atoms with Crippen LogP contribution in [0, 0.1) is 0 Å². The Kier molecular flexibility index (Phi) is 6.59. The molecule has 25 heavy (non-hydrogen) atoms. The lowest BCUT2D eigenvalue weighted by molar-refractivity contribution is 0.168. The zero-order valence-corrected chi connectivity index (χ0v) is 14.5. The number of ether oxygens (including phenoxy) is 2. The molecule has 0 unspecified atom stereocenters. The topological polar surface area (TPSA) is 92.7 Å². The molecule has 0 radical (unpaired) electrons. The summed E-state index contributed by atoms with van der Waals surface area (Å²) < 4.78 is 10.4. The summed E-state index contributed by atoms with van der Waals surface area (Å²) >= 11 is 0. The molecule has 2 aromatic rings. The largest absolute Gasteiger partial charge is 0.497 e. The molecule has 2 rings (SSSR count). The first-order chi connectivity index (χ1) is 12.0. The van der Waals surface area contributed by atoms with Crippen molar-refractivity contribution < 1.29 is 19.4 Å². The zero-order valence-electron chi connectivity index (χ0n) is 14.5. The minimum Gasteiger partial charge on any atom is -0.497 e. The molecule has 1 heterocycles. The average Bonchev–Trinajstić information content (AvgIpc) is 2.66. The third-order valence-corrected chi connectivity index (χ3v) is 3.78. The Labute approximate surface area is 147 Å². The Hall–Kier alpha value is -2.80. The molecule has 0 bridgehead atoms. The standard InChI is InChI=1S/C18H23N3O4/c1-12(13-5-4-8-19-10-13)21-18(23)20-11-16(22)15-9-14(24-2)6-7-17(15)25-3/h4-10,12,16,22H,11H2,1-3H3,(H2,20,21,23)/t12-,16-/m0/s1. The summed E-state index contributed by atoms with van der Waals surface area (Å²) in [6.07, 6.45) is 2.44. The number of methoxy groups -OCH3 is 2. The second-order valence-corrected chi connectivity index (χ2v) is 5.49. The fourth-order valence-corrected chi connectivity index (χ4v) is 2.36. The molecule has 0 aliphatic carbocycles. The molecule has 7 heteroatoms. The van der Waals surface area contributed by atoms with E-state index >= 15 is 0 Å². The van der Waals surface area contributed by atoms with Crippen LogP contribution in [0.2, 0.25) is 0 Å². The van der Waals surface area contributed by atoms with Gasteiger partial charge in [0.05, 0.1) is 20.3 Å². The molecule has 0 fully saturated rings. The van der Waals surface area contributed by atoms with Gasteiger partial charge in [-0.3, -0.25) is 4.98 Å². The number of pyridine rings is 1. The summed E-state index contributed by atoms with van der Waals surface area (Å²) in [5.74, 6) is 1.13. The van der Waals surface area contributed by atoms with Crippen molar-refractivity contribution in [2.45, 2.75) is 19.1 Å². The average molecular weight is 345 g/mol. The number of aromatic nitrogens is 1. The highest BCUT2D eigenvalue weighted by atomic mass is 16.5. The van der Waals surface area contributed by atoms with Gasteiger partial charge in [-0.2, -0.15) is 0 Å². The van der Waals surface area contributed by atoms with Gasteiger partial charge in [-0.1, -0.05) is 6.07 Å². The van der Waals surface area contributed by atoms with Crippen LogP contribution in [0.1, 0.15) is 30.2 Å². The molecule has 0 aliphatic rings. The predicted octanol–water partition coefficient (Wildman–Crippen LogP) is 2.19. The minimum atomic E-state index is -0.926. The summed E-state index contributed by atoms with van der Waals surface area (Å²) in [5.41, 5.74) is 1.44. The monoisotopic (exact) mass is 345 g/mol. The SMILES string of the molecule is COc1ccc(OC)c([C@@H](O)CNC(=O)N[C@@H](C)c2cccnc2)c1. The third-order valence-electron chi connectivity index (χ3n) is 3.78. The van der Waals surface area contributed by atoms with E-state index < -0.39 is 6.10 Å². The van der Waals surface area contributed by atoms with Gasteiger partial charge >= 0.3 is 6.03 Å². The number of hydrogen-bond acceptors (Lipinski definition) is 5. The van der Waals surface area contributed by atoms with Crippen LogP contribution in [0.3, 0.4) is 0 Å². The van der Waals surface area contributed by atoms with E-state index in [1.807, 2.05) is 19.1 Å². The maximum atomic E-state index is 12.0. The molecule has 1 aromatic carbocycles. The van der Waals surface area contributed by atoms with Crippen LogP contribution in [0.4, 0.5) is 4.79 Å². The number of aliphatic hydroxyl groups is 1. The summed E-state index contributed by atoms with van der Waals surface area (Å²) in [6, 6.07) is 8.25. The van der Waals surface area contributed by atoms with Crippen molar-refractivity contribution in [2.24, 2.45) is 0 Å². The number of amides is 2. The Morgan fingerprint density at radius 2 is 2.08 bits per heavy atom. The molecule has 0 aliphatic heterocycles. The molecule has 2 atom stereocenters. The summed E-state index contributed by atoms with van der Waals surface area (Å²) in [7, 11) is 3.07. The minimum absolute atomic E-state index is 0.0368. The number of nitrogens with one attached hydrogen (secondary N) is 2. The molecule has 0 saturated heterocycles. The molecule has 1 aromatic heterocycles. The van der Waals surface area contributed by atoms with Crippen molar-refractivity contribution in [1.82, 2.24) is 15.6 Å². The van der Waals surface area contributed by atoms with E-state index in [-0.39, 0.29) is 18.6 Å². The van der Waals surface area contributed by atoms with Gasteiger partial charge in [0.2, 0.25) is 0 Å². The highest BCUT2D eigenvalue weighted by Gasteiger charge is 2.16. The normalized spacial score (nSPS) is 12.8. The van der Waals surface area contributed by atoms with Gasteiger partial charge in [-0.25, -0.2) is 4.79 Å². The highest BCUT2D eigenvalue weighted by Crippen LogP contribution is 2.29. The zero-order chi connectivity index (χ0) is 18.2. The van der Waals surface area contributed by atoms with Crippen LogP contribution in [0.5, 0.6) is 11.5 Å². The molecular formula is C18H23N3O4. The Morgan fingerprint density at radius 3 is 2.72 bits per heavy atom. The fourth-order valence-electron chi connectivity index (χ4n) is 2.36. The van der Waals surface area contributed by atoms with Crippen molar-refractivity contribution in [1.29, 1.82) is 0 Å². The highest BCUT2D eigenvalue weighted by molar-refractivity contribution is 5.74. The Bertz CT molecular complexity index is 694. The van der Waals surface area contributed by atoms with Crippen LogP contribution >= 0.6 is 0 Å². The van der Waals surface area contributed by atoms with Crippen molar-refractivity contribution in [3.05, 3.63) is 53.9 Å². The maximum absolute atomic E-state index is 12.0. The van der Waals surface area contributed by atoms with Crippen molar-refractivity contribution in [3.8, 4) is 11.5 Å². The number of nitrogens with zero attached hydrogens (tertiary/aromatic N) is 1. The molecule has 0 saturated carbocycles. The first-order valence-electron chi connectivity index (χ1n) is 7.89. The summed E-state index contributed by atoms with van der Waals surface area (Å²) in [6.45, 7) is 1.90. The quantitative estimate of drug-likeness (QED) is 0.715. The van der Waals surface area contributed by atoms with E-state index in [2.05, 4.69) is 15.6 Å². The third kappa shape index (κ3) is 5.09. The van der Waals surface area contributed by atoms with Crippen LogP contribution in [-0.4, -0.2) is 36.9 Å². The molecule has 3 N–H and O–H groups in total. The summed E-state index contributed by atoms with van der Waals surface area (Å²) in [5, 5.41) is 15.8. The van der Waals surface area contributed by atoms with Crippen molar-refractivity contribution in [2.75, 3.05) is 20.8 Å². The van der Waals surface area contributed by atoms with Crippen LogP contribution in [-0.2, 0) is 0 Å². The second kappa shape index (κ2) is 8.89. The number of urea groups is 1. The van der Waals surface area contributed by atoms with Crippen molar-refractivity contribution in [3.63, 3.8) is 0 Å². The van der Waals surface area contributed by atoms with Crippen molar-refractivity contribution >= 4 is 6.03 Å². The molecule has 7 nitrogen and oxygen atoms in total. The second-order valence-electron chi connectivity index (χ2n) is 5.49. The van der Waals surface area contributed by atoms with E-state index in [0.29, 0.717) is 17.1 Å². The van der Waals surface area contributed by atoms with Gasteiger partial charge in [0, 0.05) is 24.5 Å². The number of hydrogen-bond donors (Lipinski definition) is 3. The number of aliphatic hydroxyl groups excluding tert-OH is 1. The fraction of sp³-hybridized carbons (Fsp3) is 0.333. The Morgan fingerprint density at radius 1 is 1.28 bits per heavy atom. The number of carbonyl (C=O) groups is 1. The lowest BCUT2D eigenvalue weighted by atomic mass is 10.1. The Balaban J connectivity index is 1.93. The summed E-state index contributed by atoms with van der Waals surface area (Å²) in [4.78, 5) is 16.1. The van der Waals surface area contributed by atoms with Gasteiger partial charge in [-0.15, -0.1) is 0 Å². The predicted molar refractivity (Wildman–Crippen MR) is 93.7 cm³/mol. The van der Waals surface area contributed by atoms with E-state index in [1.54, 1.807) is 37.7 Å². The molecule has 134 valence electrons. The van der Waals surface area contributed by atoms with Gasteiger partial charge in [0.25, 0.3) is 0 Å². The van der Waals surface area contributed by atoms with Gasteiger partial charge < -0.3 is 25.2 Å². The smallest absolute Gasteiger partial charge is 0.315 e. The molecule has 0 spiro atoms. The molecule has 2 amide bonds. The number of rotatable bonds is 7. The number of carbonyl (C=O) groups excluding carboxylic acids is 1. The lowest BCUT2D eigenvalue weighted by Crippen LogP contribution is -2.39. The van der Waals surface area contributed by atoms with E-state index in [1.165, 1.54) is 7.11 Å². The molecular weight excluding hydrogens is 322 g/mol.